The lowest BCUT2D eigenvalue weighted by Gasteiger charge is -2.15. The third kappa shape index (κ3) is 3.97. The predicted octanol–water partition coefficient (Wildman–Crippen LogP) is 1.51. The Morgan fingerprint density at radius 3 is 2.87 bits per heavy atom. The van der Waals surface area contributed by atoms with E-state index in [-0.39, 0.29) is 12.4 Å². The van der Waals surface area contributed by atoms with E-state index in [1.807, 2.05) is 0 Å². The van der Waals surface area contributed by atoms with Crippen molar-refractivity contribution in [3.8, 4) is 0 Å². The molecule has 15 heavy (non-hydrogen) atoms. The summed E-state index contributed by atoms with van der Waals surface area (Å²) in [5.41, 5.74) is 5.57. The van der Waals surface area contributed by atoms with E-state index in [9.17, 15) is 9.18 Å². The minimum atomic E-state index is -0.423. The Morgan fingerprint density at radius 1 is 1.60 bits per heavy atom. The number of amides is 1. The topological polar surface area (TPSA) is 46.3 Å². The second-order valence-corrected chi connectivity index (χ2v) is 4.29. The van der Waals surface area contributed by atoms with Crippen LogP contribution in [0.3, 0.4) is 0 Å². The molecule has 2 N–H and O–H groups in total. The Balaban J connectivity index is 2.71. The lowest BCUT2D eigenvalue weighted by atomic mass is 10.2. The summed E-state index contributed by atoms with van der Waals surface area (Å²) >= 11 is 3.26. The lowest BCUT2D eigenvalue weighted by Crippen LogP contribution is -2.30. The van der Waals surface area contributed by atoms with Gasteiger partial charge in [-0.3, -0.25) is 9.69 Å². The smallest absolute Gasteiger partial charge is 0.231 e. The van der Waals surface area contributed by atoms with Crippen LogP contribution in [0.1, 0.15) is 5.56 Å². The van der Waals surface area contributed by atoms with Crippen LogP contribution in [-0.2, 0) is 11.3 Å². The van der Waals surface area contributed by atoms with Crippen molar-refractivity contribution in [2.75, 3.05) is 13.6 Å². The van der Waals surface area contributed by atoms with Crippen molar-refractivity contribution in [2.45, 2.75) is 6.54 Å². The van der Waals surface area contributed by atoms with Crippen LogP contribution in [0.4, 0.5) is 4.39 Å². The molecule has 0 unspecified atom stereocenters. The first-order valence-electron chi connectivity index (χ1n) is 4.40. The van der Waals surface area contributed by atoms with Gasteiger partial charge in [-0.25, -0.2) is 4.39 Å². The summed E-state index contributed by atoms with van der Waals surface area (Å²) in [6, 6.07) is 4.71. The van der Waals surface area contributed by atoms with Gasteiger partial charge in [0.1, 0.15) is 5.82 Å². The fourth-order valence-electron chi connectivity index (χ4n) is 1.28. The molecule has 1 rings (SSSR count). The van der Waals surface area contributed by atoms with E-state index in [0.717, 1.165) is 4.47 Å². The number of rotatable bonds is 4. The lowest BCUT2D eigenvalue weighted by molar-refractivity contribution is -0.118. The maximum absolute atomic E-state index is 13.3. The molecule has 0 spiro atoms. The quantitative estimate of drug-likeness (QED) is 0.905. The molecule has 0 aliphatic carbocycles. The summed E-state index contributed by atoms with van der Waals surface area (Å²) in [6.45, 7) is 0.472. The summed E-state index contributed by atoms with van der Waals surface area (Å²) < 4.78 is 14.1. The molecule has 0 atom stereocenters. The highest BCUT2D eigenvalue weighted by Gasteiger charge is 2.07. The van der Waals surface area contributed by atoms with Gasteiger partial charge >= 0.3 is 0 Å². The molecular formula is C10H12BrFN2O. The average molecular weight is 275 g/mol. The molecule has 5 heteroatoms. The minimum Gasteiger partial charge on any atom is -0.369 e. The van der Waals surface area contributed by atoms with Crippen molar-refractivity contribution >= 4 is 21.8 Å². The molecule has 0 saturated heterocycles. The molecule has 0 aliphatic rings. The van der Waals surface area contributed by atoms with Crippen LogP contribution in [0.5, 0.6) is 0 Å². The van der Waals surface area contributed by atoms with E-state index in [1.54, 1.807) is 24.1 Å². The molecular weight excluding hydrogens is 263 g/mol. The molecule has 82 valence electrons. The van der Waals surface area contributed by atoms with Crippen molar-refractivity contribution < 1.29 is 9.18 Å². The molecule has 3 nitrogen and oxygen atoms in total. The van der Waals surface area contributed by atoms with Gasteiger partial charge in [0, 0.05) is 16.6 Å². The number of hydrogen-bond donors (Lipinski definition) is 1. The van der Waals surface area contributed by atoms with Crippen molar-refractivity contribution in [1.29, 1.82) is 0 Å². The number of benzene rings is 1. The van der Waals surface area contributed by atoms with Crippen molar-refractivity contribution in [3.05, 3.63) is 34.1 Å². The van der Waals surface area contributed by atoms with Crippen LogP contribution in [-0.4, -0.2) is 24.4 Å². The zero-order valence-corrected chi connectivity index (χ0v) is 9.92. The van der Waals surface area contributed by atoms with Gasteiger partial charge in [-0.15, -0.1) is 0 Å². The number of primary amides is 1. The molecule has 0 saturated carbocycles. The Morgan fingerprint density at radius 2 is 2.27 bits per heavy atom. The molecule has 1 aromatic carbocycles. The average Bonchev–Trinajstić information content (AvgIpc) is 2.10. The summed E-state index contributed by atoms with van der Waals surface area (Å²) in [4.78, 5) is 12.3. The third-order valence-corrected chi connectivity index (χ3v) is 2.37. The van der Waals surface area contributed by atoms with E-state index in [1.165, 1.54) is 6.07 Å². The van der Waals surface area contributed by atoms with Crippen molar-refractivity contribution in [1.82, 2.24) is 4.90 Å². The highest BCUT2D eigenvalue weighted by atomic mass is 79.9. The number of carbonyl (C=O) groups excluding carboxylic acids is 1. The second kappa shape index (κ2) is 5.23. The van der Waals surface area contributed by atoms with Gasteiger partial charge in [0.05, 0.1) is 6.54 Å². The summed E-state index contributed by atoms with van der Waals surface area (Å²) in [5.74, 6) is -0.706. The number of carbonyl (C=O) groups is 1. The molecule has 1 aromatic rings. The van der Waals surface area contributed by atoms with Gasteiger partial charge in [0.2, 0.25) is 5.91 Å². The van der Waals surface area contributed by atoms with Gasteiger partial charge in [-0.2, -0.15) is 0 Å². The zero-order valence-electron chi connectivity index (χ0n) is 8.34. The molecule has 0 fully saturated rings. The maximum atomic E-state index is 13.3. The Kier molecular flexibility index (Phi) is 4.23. The number of hydrogen-bond acceptors (Lipinski definition) is 2. The summed E-state index contributed by atoms with van der Waals surface area (Å²) in [6.07, 6.45) is 0. The maximum Gasteiger partial charge on any atom is 0.231 e. The van der Waals surface area contributed by atoms with Gasteiger partial charge in [0.15, 0.2) is 0 Å². The number of nitrogens with two attached hydrogens (primary N) is 1. The molecule has 0 aromatic heterocycles. The Labute approximate surface area is 96.2 Å². The number of likely N-dealkylation sites (N-methyl/N-ethyl adjacent to an activating group) is 1. The molecule has 1 amide bonds. The van der Waals surface area contributed by atoms with Gasteiger partial charge in [-0.1, -0.05) is 15.9 Å². The van der Waals surface area contributed by atoms with Crippen LogP contribution in [0.15, 0.2) is 22.7 Å². The molecule has 0 heterocycles. The van der Waals surface area contributed by atoms with E-state index < -0.39 is 5.91 Å². The highest BCUT2D eigenvalue weighted by molar-refractivity contribution is 9.10. The fourth-order valence-corrected chi connectivity index (χ4v) is 1.69. The van der Waals surface area contributed by atoms with Gasteiger partial charge in [0.25, 0.3) is 0 Å². The Bertz CT molecular complexity index is 370. The molecule has 0 aliphatic heterocycles. The normalized spacial score (nSPS) is 10.7. The van der Waals surface area contributed by atoms with E-state index in [2.05, 4.69) is 15.9 Å². The van der Waals surface area contributed by atoms with Crippen LogP contribution in [0.25, 0.3) is 0 Å². The van der Waals surface area contributed by atoms with Crippen LogP contribution >= 0.6 is 15.9 Å². The highest BCUT2D eigenvalue weighted by Crippen LogP contribution is 2.16. The SMILES string of the molecule is CN(CC(N)=O)Cc1cc(Br)ccc1F. The molecule has 0 radical (unpaired) electrons. The Hall–Kier alpha value is -0.940. The largest absolute Gasteiger partial charge is 0.369 e. The standard InChI is InChI=1S/C10H12BrFN2O/c1-14(6-10(13)15)5-7-4-8(11)2-3-9(7)12/h2-4H,5-6H2,1H3,(H2,13,15). The van der Waals surface area contributed by atoms with Gasteiger partial charge in [-0.05, 0) is 25.2 Å². The summed E-state index contributed by atoms with van der Waals surface area (Å²) in [5, 5.41) is 0. The minimum absolute atomic E-state index is 0.117. The van der Waals surface area contributed by atoms with Crippen LogP contribution < -0.4 is 5.73 Å². The predicted molar refractivity (Wildman–Crippen MR) is 59.6 cm³/mol. The van der Waals surface area contributed by atoms with Crippen LogP contribution in [0.2, 0.25) is 0 Å². The first kappa shape index (κ1) is 12.1. The third-order valence-electron chi connectivity index (χ3n) is 1.87. The van der Waals surface area contributed by atoms with E-state index in [0.29, 0.717) is 12.1 Å². The van der Waals surface area contributed by atoms with Crippen molar-refractivity contribution in [2.24, 2.45) is 5.73 Å². The number of nitrogens with zero attached hydrogens (tertiary/aromatic N) is 1. The summed E-state index contributed by atoms with van der Waals surface area (Å²) in [7, 11) is 1.71. The first-order valence-corrected chi connectivity index (χ1v) is 5.19. The number of halogens is 2. The first-order chi connectivity index (χ1) is 6.99. The second-order valence-electron chi connectivity index (χ2n) is 3.37. The van der Waals surface area contributed by atoms with Crippen molar-refractivity contribution in [3.63, 3.8) is 0 Å². The van der Waals surface area contributed by atoms with Gasteiger partial charge < -0.3 is 5.73 Å². The molecule has 0 bridgehead atoms. The monoisotopic (exact) mass is 274 g/mol. The van der Waals surface area contributed by atoms with E-state index >= 15 is 0 Å². The van der Waals surface area contributed by atoms with E-state index in [4.69, 9.17) is 5.73 Å². The van der Waals surface area contributed by atoms with Crippen LogP contribution in [0, 0.1) is 5.82 Å². The zero-order chi connectivity index (χ0) is 11.4. The fraction of sp³-hybridized carbons (Fsp3) is 0.300.